The van der Waals surface area contributed by atoms with E-state index < -0.39 is 12.2 Å². The van der Waals surface area contributed by atoms with Crippen LogP contribution < -0.4 is 30.2 Å². The number of nitrogens with one attached hydrogen (secondary N) is 3. The molecule has 2 atom stereocenters. The molecule has 0 radical (unpaired) electrons. The topological polar surface area (TPSA) is 140 Å². The molecule has 13 nitrogen and oxygen atoms in total. The van der Waals surface area contributed by atoms with E-state index in [1.54, 1.807) is 18.2 Å². The van der Waals surface area contributed by atoms with Gasteiger partial charge in [-0.1, -0.05) is 6.07 Å². The number of pyridine rings is 1. The van der Waals surface area contributed by atoms with Crippen molar-refractivity contribution in [3.63, 3.8) is 0 Å². The second-order valence-corrected chi connectivity index (χ2v) is 11.1. The third kappa shape index (κ3) is 7.13. The number of likely N-dealkylation sites (N-methyl/N-ethyl adjacent to an activating group) is 1. The van der Waals surface area contributed by atoms with E-state index in [4.69, 9.17) is 23.4 Å². The van der Waals surface area contributed by atoms with Crippen LogP contribution in [-0.4, -0.2) is 112 Å². The molecule has 0 spiro atoms. The number of hydrogen-bond acceptors (Lipinski definition) is 11. The van der Waals surface area contributed by atoms with Crippen molar-refractivity contribution in [2.24, 2.45) is 0 Å². The number of carbonyl (C=O) groups is 2. The number of morpholine rings is 1. The van der Waals surface area contributed by atoms with Crippen LogP contribution in [0.1, 0.15) is 16.3 Å². The third-order valence-electron chi connectivity index (χ3n) is 7.81. The lowest BCUT2D eigenvalue weighted by molar-refractivity contribution is -0.128. The second kappa shape index (κ2) is 13.6. The number of rotatable bonds is 9. The fourth-order valence-corrected chi connectivity index (χ4v) is 5.32. The van der Waals surface area contributed by atoms with Crippen LogP contribution in [0.4, 0.5) is 5.69 Å². The van der Waals surface area contributed by atoms with Gasteiger partial charge in [0.1, 0.15) is 24.6 Å². The summed E-state index contributed by atoms with van der Waals surface area (Å²) in [5.74, 6) is 1.82. The van der Waals surface area contributed by atoms with Crippen LogP contribution >= 0.6 is 0 Å². The van der Waals surface area contributed by atoms with Crippen molar-refractivity contribution >= 4 is 17.5 Å². The Balaban J connectivity index is 1.10. The highest BCUT2D eigenvalue weighted by atomic mass is 16.6. The monoisotopic (exact) mass is 606 g/mol. The van der Waals surface area contributed by atoms with E-state index in [2.05, 4.69) is 37.8 Å². The van der Waals surface area contributed by atoms with E-state index >= 15 is 0 Å². The summed E-state index contributed by atoms with van der Waals surface area (Å²) in [5.41, 5.74) is 1.69. The highest BCUT2D eigenvalue weighted by molar-refractivity contribution is 5.95. The summed E-state index contributed by atoms with van der Waals surface area (Å²) in [5, 5.41) is 8.96. The van der Waals surface area contributed by atoms with Crippen LogP contribution in [-0.2, 0) is 16.1 Å². The van der Waals surface area contributed by atoms with Gasteiger partial charge in [-0.05, 0) is 37.4 Å². The molecule has 5 heterocycles. The highest BCUT2D eigenvalue weighted by Crippen LogP contribution is 2.41. The molecular formula is C31H38N6O7. The molecule has 2 fully saturated rings. The number of piperazine rings is 1. The maximum Gasteiger partial charge on any atom is 0.287 e. The average molecular weight is 607 g/mol. The van der Waals surface area contributed by atoms with Crippen molar-refractivity contribution in [2.45, 2.75) is 18.8 Å². The van der Waals surface area contributed by atoms with E-state index in [9.17, 15) is 9.59 Å². The fourth-order valence-electron chi connectivity index (χ4n) is 5.32. The van der Waals surface area contributed by atoms with Gasteiger partial charge in [0, 0.05) is 56.6 Å². The first-order valence-corrected chi connectivity index (χ1v) is 14.8. The summed E-state index contributed by atoms with van der Waals surface area (Å²) in [6.45, 7) is 6.73. The molecule has 1 aromatic carbocycles. The number of fused-ring (bicyclic) bond motifs is 1. The lowest BCUT2D eigenvalue weighted by atomic mass is 10.1. The molecule has 3 aliphatic heterocycles. The average Bonchev–Trinajstić information content (AvgIpc) is 3.53. The molecule has 13 heteroatoms. The highest BCUT2D eigenvalue weighted by Gasteiger charge is 2.27. The van der Waals surface area contributed by atoms with Gasteiger partial charge in [0.05, 0.1) is 32.5 Å². The summed E-state index contributed by atoms with van der Waals surface area (Å²) < 4.78 is 29.2. The van der Waals surface area contributed by atoms with Gasteiger partial charge in [-0.15, -0.1) is 0 Å². The smallest absolute Gasteiger partial charge is 0.287 e. The van der Waals surface area contributed by atoms with Crippen molar-refractivity contribution in [3.05, 3.63) is 54.0 Å². The molecule has 0 aliphatic carbocycles. The minimum Gasteiger partial charge on any atom is -0.486 e. The molecule has 3 N–H and O–H groups in total. The molecule has 0 bridgehead atoms. The Morgan fingerprint density at radius 1 is 1.14 bits per heavy atom. The molecule has 3 aliphatic rings. The summed E-state index contributed by atoms with van der Waals surface area (Å²) in [7, 11) is 3.63. The molecule has 234 valence electrons. The van der Waals surface area contributed by atoms with Crippen LogP contribution in [0.15, 0.2) is 46.9 Å². The number of aromatic nitrogens is 1. The van der Waals surface area contributed by atoms with Crippen molar-refractivity contribution in [3.8, 4) is 28.6 Å². The molecule has 3 aromatic rings. The Kier molecular flexibility index (Phi) is 9.26. The molecule has 6 rings (SSSR count). The quantitative estimate of drug-likeness (QED) is 0.327. The largest absolute Gasteiger partial charge is 0.486 e. The van der Waals surface area contributed by atoms with E-state index in [0.717, 1.165) is 31.9 Å². The first kappa shape index (κ1) is 29.9. The van der Waals surface area contributed by atoms with Crippen molar-refractivity contribution < 1.29 is 33.0 Å². The number of benzene rings is 1. The van der Waals surface area contributed by atoms with Crippen molar-refractivity contribution in [1.29, 1.82) is 0 Å². The van der Waals surface area contributed by atoms with E-state index in [0.29, 0.717) is 60.6 Å². The van der Waals surface area contributed by atoms with E-state index in [-0.39, 0.29) is 30.7 Å². The van der Waals surface area contributed by atoms with Gasteiger partial charge in [-0.25, -0.2) is 4.98 Å². The standard InChI is InChI=1S/C31H38N6O7/c1-36-9-11-37(12-10-36)18-21-6-7-26(43-21)30(38)33-16-22-19-42-25-5-3-4-23(29(25)44-22)24-14-20(15-28(35-24)40-2)34-31(39)27-17-32-8-13-41-27/h3-7,14-15,22,27,32H,8-13,16-19H2,1-2H3,(H,33,38)(H,34,35,39)/t22-,27?/m1/s1. The van der Waals surface area contributed by atoms with Crippen LogP contribution in [0.25, 0.3) is 11.3 Å². The van der Waals surface area contributed by atoms with Gasteiger partial charge in [0.15, 0.2) is 17.3 Å². The van der Waals surface area contributed by atoms with Crippen LogP contribution in [0, 0.1) is 0 Å². The van der Waals surface area contributed by atoms with Crippen molar-refractivity contribution in [1.82, 2.24) is 25.4 Å². The predicted octanol–water partition coefficient (Wildman–Crippen LogP) is 1.59. The van der Waals surface area contributed by atoms with E-state index in [1.807, 2.05) is 24.3 Å². The Morgan fingerprint density at radius 2 is 2.00 bits per heavy atom. The minimum absolute atomic E-state index is 0.212. The lowest BCUT2D eigenvalue weighted by Gasteiger charge is -2.31. The van der Waals surface area contributed by atoms with Gasteiger partial charge < -0.3 is 44.2 Å². The Hall–Kier alpha value is -4.17. The number of carbonyl (C=O) groups excluding carboxylic acids is 2. The zero-order valence-corrected chi connectivity index (χ0v) is 25.0. The number of nitrogens with zero attached hydrogens (tertiary/aromatic N) is 3. The number of anilines is 1. The van der Waals surface area contributed by atoms with Gasteiger partial charge >= 0.3 is 0 Å². The van der Waals surface area contributed by atoms with E-state index in [1.165, 1.54) is 7.11 Å². The number of para-hydroxylation sites is 1. The fraction of sp³-hybridized carbons (Fsp3) is 0.452. The summed E-state index contributed by atoms with van der Waals surface area (Å²) in [6.07, 6.45) is -1.04. The van der Waals surface area contributed by atoms with Gasteiger partial charge in [0.2, 0.25) is 5.88 Å². The number of furan rings is 1. The Labute approximate surface area is 255 Å². The Bertz CT molecular complexity index is 1470. The maximum absolute atomic E-state index is 12.9. The SMILES string of the molecule is COc1cc(NC(=O)C2CNCCO2)cc(-c2cccc3c2O[C@H](CNC(=O)c2ccc(CN4CCN(C)CC4)o2)CO3)n1. The van der Waals surface area contributed by atoms with Gasteiger partial charge in [-0.2, -0.15) is 0 Å². The number of hydrogen-bond donors (Lipinski definition) is 3. The zero-order chi connectivity index (χ0) is 30.5. The third-order valence-corrected chi connectivity index (χ3v) is 7.81. The molecule has 2 saturated heterocycles. The molecule has 2 amide bonds. The van der Waals surface area contributed by atoms with Crippen LogP contribution in [0.2, 0.25) is 0 Å². The first-order chi connectivity index (χ1) is 21.4. The van der Waals surface area contributed by atoms with Crippen LogP contribution in [0.3, 0.4) is 0 Å². The molecule has 0 saturated carbocycles. The minimum atomic E-state index is -0.590. The van der Waals surface area contributed by atoms with Crippen LogP contribution in [0.5, 0.6) is 17.4 Å². The Morgan fingerprint density at radius 3 is 2.80 bits per heavy atom. The summed E-state index contributed by atoms with van der Waals surface area (Å²) >= 11 is 0. The summed E-state index contributed by atoms with van der Waals surface area (Å²) in [4.78, 5) is 34.9. The summed E-state index contributed by atoms with van der Waals surface area (Å²) in [6, 6.07) is 12.5. The molecular weight excluding hydrogens is 568 g/mol. The first-order valence-electron chi connectivity index (χ1n) is 14.8. The number of methoxy groups -OCH3 is 1. The molecule has 44 heavy (non-hydrogen) atoms. The van der Waals surface area contributed by atoms with Gasteiger partial charge in [-0.3, -0.25) is 14.5 Å². The zero-order valence-electron chi connectivity index (χ0n) is 25.0. The number of amides is 2. The molecule has 2 aromatic heterocycles. The normalized spacial score (nSPS) is 20.6. The van der Waals surface area contributed by atoms with Gasteiger partial charge in [0.25, 0.3) is 11.8 Å². The lowest BCUT2D eigenvalue weighted by Crippen LogP contribution is -2.45. The number of ether oxygens (including phenoxy) is 4. The predicted molar refractivity (Wildman–Crippen MR) is 161 cm³/mol. The van der Waals surface area contributed by atoms with Crippen molar-refractivity contribution in [2.75, 3.05) is 78.5 Å². The maximum atomic E-state index is 12.9. The molecule has 1 unspecified atom stereocenters. The second-order valence-electron chi connectivity index (χ2n) is 11.1.